The van der Waals surface area contributed by atoms with Gasteiger partial charge in [-0.1, -0.05) is 11.8 Å². The SMILES string of the molecule is N/N=C(/CSc1nc(C(F)(F)F)cc(=O)[nH]1)NN. The van der Waals surface area contributed by atoms with Crippen molar-refractivity contribution < 1.29 is 13.2 Å². The Hall–Kier alpha value is -1.75. The van der Waals surface area contributed by atoms with Crippen LogP contribution in [0.15, 0.2) is 21.1 Å². The van der Waals surface area contributed by atoms with Crippen molar-refractivity contribution >= 4 is 17.6 Å². The van der Waals surface area contributed by atoms with E-state index in [1.54, 1.807) is 0 Å². The second-order valence-corrected chi connectivity index (χ2v) is 3.91. The molecule has 1 aromatic rings. The van der Waals surface area contributed by atoms with Crippen LogP contribution >= 0.6 is 11.8 Å². The van der Waals surface area contributed by atoms with Crippen LogP contribution in [0.5, 0.6) is 0 Å². The number of hydrazone groups is 1. The third-order valence-electron chi connectivity index (χ3n) is 1.68. The van der Waals surface area contributed by atoms with Gasteiger partial charge in [0.05, 0.1) is 5.75 Å². The van der Waals surface area contributed by atoms with Crippen molar-refractivity contribution in [2.24, 2.45) is 16.8 Å². The Kier molecular flexibility index (Phi) is 4.55. The van der Waals surface area contributed by atoms with Crippen LogP contribution in [-0.2, 0) is 6.18 Å². The van der Waals surface area contributed by atoms with E-state index in [0.29, 0.717) is 6.07 Å². The van der Waals surface area contributed by atoms with Crippen molar-refractivity contribution in [2.45, 2.75) is 11.3 Å². The molecule has 18 heavy (non-hydrogen) atoms. The van der Waals surface area contributed by atoms with Crippen molar-refractivity contribution in [3.8, 4) is 0 Å². The van der Waals surface area contributed by atoms with Gasteiger partial charge in [0.1, 0.15) is 5.84 Å². The number of rotatable bonds is 3. The fraction of sp³-hybridized carbons (Fsp3) is 0.286. The Morgan fingerprint density at radius 1 is 1.61 bits per heavy atom. The highest BCUT2D eigenvalue weighted by Crippen LogP contribution is 2.27. The van der Waals surface area contributed by atoms with Crippen molar-refractivity contribution in [1.29, 1.82) is 0 Å². The summed E-state index contributed by atoms with van der Waals surface area (Å²) in [5.41, 5.74) is -0.0162. The van der Waals surface area contributed by atoms with Crippen LogP contribution in [0.25, 0.3) is 0 Å². The van der Waals surface area contributed by atoms with Gasteiger partial charge in [-0.25, -0.2) is 10.8 Å². The molecule has 1 heterocycles. The number of alkyl halides is 3. The van der Waals surface area contributed by atoms with E-state index >= 15 is 0 Å². The number of nitrogens with two attached hydrogens (primary N) is 2. The lowest BCUT2D eigenvalue weighted by molar-refractivity contribution is -0.141. The number of amidine groups is 1. The summed E-state index contributed by atoms with van der Waals surface area (Å²) in [7, 11) is 0. The molecule has 100 valence electrons. The van der Waals surface area contributed by atoms with Crippen LogP contribution in [0.4, 0.5) is 13.2 Å². The lowest BCUT2D eigenvalue weighted by Gasteiger charge is -2.07. The van der Waals surface area contributed by atoms with Gasteiger partial charge in [0.15, 0.2) is 10.9 Å². The molecular formula is C7H9F3N6OS. The van der Waals surface area contributed by atoms with Crippen LogP contribution < -0.4 is 22.7 Å². The van der Waals surface area contributed by atoms with Crippen LogP contribution in [0, 0.1) is 0 Å². The van der Waals surface area contributed by atoms with E-state index in [4.69, 9.17) is 11.7 Å². The third kappa shape index (κ3) is 3.92. The molecule has 0 unspecified atom stereocenters. The highest BCUT2D eigenvalue weighted by Gasteiger charge is 2.33. The van der Waals surface area contributed by atoms with Gasteiger partial charge in [-0.05, 0) is 0 Å². The van der Waals surface area contributed by atoms with Crippen molar-refractivity contribution in [2.75, 3.05) is 5.75 Å². The fourth-order valence-electron chi connectivity index (χ4n) is 0.902. The van der Waals surface area contributed by atoms with Gasteiger partial charge in [0, 0.05) is 6.07 Å². The summed E-state index contributed by atoms with van der Waals surface area (Å²) in [6.07, 6.45) is -4.68. The molecule has 0 saturated carbocycles. The molecule has 0 spiro atoms. The minimum absolute atomic E-state index is 0.0389. The number of halogens is 3. The molecule has 0 fully saturated rings. The van der Waals surface area contributed by atoms with Gasteiger partial charge in [-0.2, -0.15) is 18.3 Å². The zero-order valence-corrected chi connectivity index (χ0v) is 9.60. The highest BCUT2D eigenvalue weighted by molar-refractivity contribution is 7.99. The number of nitrogens with one attached hydrogen (secondary N) is 2. The van der Waals surface area contributed by atoms with E-state index in [-0.39, 0.29) is 16.7 Å². The summed E-state index contributed by atoms with van der Waals surface area (Å²) in [4.78, 5) is 16.5. The predicted octanol–water partition coefficient (Wildman–Crippen LogP) is -0.384. The monoisotopic (exact) mass is 282 g/mol. The summed E-state index contributed by atoms with van der Waals surface area (Å²) in [6, 6.07) is 0.378. The maximum absolute atomic E-state index is 12.4. The van der Waals surface area contributed by atoms with Gasteiger partial charge in [-0.3, -0.25) is 4.79 Å². The molecule has 0 aromatic carbocycles. The summed E-state index contributed by atoms with van der Waals surface area (Å²) < 4.78 is 37.1. The lowest BCUT2D eigenvalue weighted by atomic mass is 10.4. The molecule has 7 nitrogen and oxygen atoms in total. The van der Waals surface area contributed by atoms with Gasteiger partial charge >= 0.3 is 6.18 Å². The molecule has 1 aromatic heterocycles. The Labute approximate surface area is 103 Å². The molecule has 0 aliphatic rings. The van der Waals surface area contributed by atoms with Crippen molar-refractivity contribution in [3.05, 3.63) is 22.1 Å². The van der Waals surface area contributed by atoms with Crippen LogP contribution in [-0.4, -0.2) is 21.6 Å². The van der Waals surface area contributed by atoms with Gasteiger partial charge in [-0.15, -0.1) is 0 Å². The first-order valence-electron chi connectivity index (χ1n) is 4.41. The maximum atomic E-state index is 12.4. The zero-order valence-electron chi connectivity index (χ0n) is 8.78. The molecule has 0 aliphatic carbocycles. The lowest BCUT2D eigenvalue weighted by Crippen LogP contribution is -2.33. The number of aromatic nitrogens is 2. The zero-order chi connectivity index (χ0) is 13.8. The number of hydrazine groups is 1. The second-order valence-electron chi connectivity index (χ2n) is 2.94. The van der Waals surface area contributed by atoms with E-state index in [1.807, 2.05) is 0 Å². The summed E-state index contributed by atoms with van der Waals surface area (Å²) >= 11 is 0.802. The standard InChI is InChI=1S/C7H9F3N6OS/c8-7(9,10)3-1-5(17)14-6(13-3)18-2-4(15-11)16-12/h1H,2,11-12H2,(H,15,16)(H,13,14,17). The summed E-state index contributed by atoms with van der Waals surface area (Å²) in [6.45, 7) is 0. The fourth-order valence-corrected chi connectivity index (χ4v) is 1.67. The molecule has 1 rings (SSSR count). The van der Waals surface area contributed by atoms with E-state index in [9.17, 15) is 18.0 Å². The molecule has 0 radical (unpaired) electrons. The average molecular weight is 282 g/mol. The van der Waals surface area contributed by atoms with E-state index < -0.39 is 17.4 Å². The number of hydrogen-bond donors (Lipinski definition) is 4. The van der Waals surface area contributed by atoms with Gasteiger partial charge in [0.2, 0.25) is 0 Å². The number of nitrogens with zero attached hydrogens (tertiary/aromatic N) is 2. The number of aromatic amines is 1. The first-order chi connectivity index (χ1) is 8.36. The van der Waals surface area contributed by atoms with Crippen LogP contribution in [0.2, 0.25) is 0 Å². The normalized spacial score (nSPS) is 12.6. The minimum Gasteiger partial charge on any atom is -0.322 e. The highest BCUT2D eigenvalue weighted by atomic mass is 32.2. The van der Waals surface area contributed by atoms with Crippen molar-refractivity contribution in [1.82, 2.24) is 15.4 Å². The largest absolute Gasteiger partial charge is 0.433 e. The second kappa shape index (κ2) is 5.73. The van der Waals surface area contributed by atoms with Crippen molar-refractivity contribution in [3.63, 3.8) is 0 Å². The Bertz CT molecular complexity index is 499. The number of hydrogen-bond acceptors (Lipinski definition) is 6. The molecule has 0 bridgehead atoms. The first-order valence-corrected chi connectivity index (χ1v) is 5.40. The number of H-pyrrole nitrogens is 1. The third-order valence-corrected chi connectivity index (χ3v) is 2.56. The summed E-state index contributed by atoms with van der Waals surface area (Å²) in [5, 5.41) is 3.03. The summed E-state index contributed by atoms with van der Waals surface area (Å²) in [5.74, 6) is 10.1. The molecule has 0 saturated heterocycles. The molecule has 0 amide bonds. The molecule has 0 aliphatic heterocycles. The maximum Gasteiger partial charge on any atom is 0.433 e. The van der Waals surface area contributed by atoms with Gasteiger partial charge in [0.25, 0.3) is 5.56 Å². The topological polar surface area (TPSA) is 122 Å². The van der Waals surface area contributed by atoms with E-state index in [1.165, 1.54) is 0 Å². The first kappa shape index (κ1) is 14.3. The van der Waals surface area contributed by atoms with E-state index in [0.717, 1.165) is 11.8 Å². The predicted molar refractivity (Wildman–Crippen MR) is 59.5 cm³/mol. The Morgan fingerprint density at radius 2 is 2.28 bits per heavy atom. The minimum atomic E-state index is -4.68. The van der Waals surface area contributed by atoms with Crippen LogP contribution in [0.3, 0.4) is 0 Å². The Morgan fingerprint density at radius 3 is 2.78 bits per heavy atom. The molecule has 11 heteroatoms. The Balaban J connectivity index is 2.91. The molecule has 6 N–H and O–H groups in total. The average Bonchev–Trinajstić information content (AvgIpc) is 2.28. The molecular weight excluding hydrogens is 273 g/mol. The van der Waals surface area contributed by atoms with Crippen LogP contribution in [0.1, 0.15) is 5.69 Å². The van der Waals surface area contributed by atoms with Gasteiger partial charge < -0.3 is 16.3 Å². The van der Waals surface area contributed by atoms with E-state index in [2.05, 4.69) is 20.5 Å². The quantitative estimate of drug-likeness (QED) is 0.150. The number of thioether (sulfide) groups is 1. The molecule has 0 atom stereocenters. The smallest absolute Gasteiger partial charge is 0.322 e.